The van der Waals surface area contributed by atoms with E-state index in [2.05, 4.69) is 10.4 Å². The van der Waals surface area contributed by atoms with Gasteiger partial charge in [0.2, 0.25) is 0 Å². The molecule has 1 amide bonds. The van der Waals surface area contributed by atoms with Crippen LogP contribution in [0.1, 0.15) is 32.9 Å². The highest BCUT2D eigenvalue weighted by molar-refractivity contribution is 5.95. The molecular weight excluding hydrogens is 238 g/mol. The fourth-order valence-electron chi connectivity index (χ4n) is 2.08. The monoisotopic (exact) mass is 257 g/mol. The minimum Gasteiger partial charge on any atom is -0.346 e. The molecule has 4 heteroatoms. The van der Waals surface area contributed by atoms with E-state index in [1.54, 1.807) is 4.68 Å². The summed E-state index contributed by atoms with van der Waals surface area (Å²) in [7, 11) is 1.88. The summed E-state index contributed by atoms with van der Waals surface area (Å²) in [6.07, 6.45) is 0. The van der Waals surface area contributed by atoms with Crippen LogP contribution >= 0.6 is 0 Å². The first-order chi connectivity index (χ1) is 8.97. The van der Waals surface area contributed by atoms with Crippen molar-refractivity contribution < 1.29 is 4.79 Å². The molecule has 0 saturated heterocycles. The van der Waals surface area contributed by atoms with Crippen LogP contribution in [0.25, 0.3) is 0 Å². The Labute approximate surface area is 113 Å². The molecule has 0 aliphatic rings. The molecule has 100 valence electrons. The number of hydrogen-bond acceptors (Lipinski definition) is 2. The van der Waals surface area contributed by atoms with Crippen LogP contribution in [-0.2, 0) is 13.6 Å². The number of hydrogen-bond donors (Lipinski definition) is 1. The van der Waals surface area contributed by atoms with Gasteiger partial charge in [0, 0.05) is 12.6 Å². The summed E-state index contributed by atoms with van der Waals surface area (Å²) in [4.78, 5) is 12.2. The largest absolute Gasteiger partial charge is 0.346 e. The highest BCUT2D eigenvalue weighted by atomic mass is 16.1. The summed E-state index contributed by atoms with van der Waals surface area (Å²) in [5, 5.41) is 7.20. The lowest BCUT2D eigenvalue weighted by Crippen LogP contribution is -2.24. The van der Waals surface area contributed by atoms with Crippen molar-refractivity contribution in [2.75, 3.05) is 0 Å². The summed E-state index contributed by atoms with van der Waals surface area (Å²) in [5.41, 5.74) is 4.77. The lowest BCUT2D eigenvalue weighted by molar-refractivity contribution is 0.0949. The normalized spacial score (nSPS) is 10.5. The molecule has 1 aromatic heterocycles. The van der Waals surface area contributed by atoms with Gasteiger partial charge in [-0.25, -0.2) is 0 Å². The SMILES string of the molecule is Cc1ccc(C)c(C(=O)NCc2cc(C)nn2C)c1. The average molecular weight is 257 g/mol. The van der Waals surface area contributed by atoms with Crippen molar-refractivity contribution in [2.45, 2.75) is 27.3 Å². The van der Waals surface area contributed by atoms with E-state index < -0.39 is 0 Å². The lowest BCUT2D eigenvalue weighted by atomic mass is 10.1. The molecule has 1 heterocycles. The predicted octanol–water partition coefficient (Wildman–Crippen LogP) is 2.28. The van der Waals surface area contributed by atoms with E-state index in [0.29, 0.717) is 6.54 Å². The van der Waals surface area contributed by atoms with Crippen LogP contribution < -0.4 is 5.32 Å². The predicted molar refractivity (Wildman–Crippen MR) is 75.0 cm³/mol. The molecule has 0 bridgehead atoms. The van der Waals surface area contributed by atoms with Gasteiger partial charge >= 0.3 is 0 Å². The van der Waals surface area contributed by atoms with E-state index >= 15 is 0 Å². The zero-order valence-electron chi connectivity index (χ0n) is 11.8. The molecule has 2 aromatic rings. The van der Waals surface area contributed by atoms with Gasteiger partial charge in [-0.2, -0.15) is 5.10 Å². The number of amides is 1. The maximum atomic E-state index is 12.2. The van der Waals surface area contributed by atoms with E-state index in [-0.39, 0.29) is 5.91 Å². The van der Waals surface area contributed by atoms with Crippen molar-refractivity contribution in [3.8, 4) is 0 Å². The highest BCUT2D eigenvalue weighted by Gasteiger charge is 2.10. The van der Waals surface area contributed by atoms with Crippen molar-refractivity contribution in [2.24, 2.45) is 7.05 Å². The van der Waals surface area contributed by atoms with Crippen molar-refractivity contribution in [3.05, 3.63) is 52.3 Å². The maximum absolute atomic E-state index is 12.2. The van der Waals surface area contributed by atoms with Gasteiger partial charge in [0.15, 0.2) is 0 Å². The zero-order chi connectivity index (χ0) is 14.0. The van der Waals surface area contributed by atoms with Crippen molar-refractivity contribution in [1.82, 2.24) is 15.1 Å². The molecule has 19 heavy (non-hydrogen) atoms. The van der Waals surface area contributed by atoms with Crippen LogP contribution in [0.3, 0.4) is 0 Å². The van der Waals surface area contributed by atoms with Gasteiger partial charge in [-0.15, -0.1) is 0 Å². The van der Waals surface area contributed by atoms with E-state index in [0.717, 1.165) is 28.1 Å². The third-order valence-corrected chi connectivity index (χ3v) is 3.17. The smallest absolute Gasteiger partial charge is 0.251 e. The first-order valence-electron chi connectivity index (χ1n) is 6.32. The zero-order valence-corrected chi connectivity index (χ0v) is 11.8. The van der Waals surface area contributed by atoms with Crippen LogP contribution in [0.15, 0.2) is 24.3 Å². The number of nitrogens with one attached hydrogen (secondary N) is 1. The summed E-state index contributed by atoms with van der Waals surface area (Å²) in [6, 6.07) is 7.87. The topological polar surface area (TPSA) is 46.9 Å². The average Bonchev–Trinajstić information content (AvgIpc) is 2.68. The van der Waals surface area contributed by atoms with Crippen LogP contribution in [0.4, 0.5) is 0 Å². The van der Waals surface area contributed by atoms with E-state index in [1.165, 1.54) is 0 Å². The van der Waals surface area contributed by atoms with Crippen molar-refractivity contribution >= 4 is 5.91 Å². The van der Waals surface area contributed by atoms with Gasteiger partial charge in [0.1, 0.15) is 0 Å². The number of carbonyl (C=O) groups excluding carboxylic acids is 1. The number of nitrogens with zero attached hydrogens (tertiary/aromatic N) is 2. The maximum Gasteiger partial charge on any atom is 0.251 e. The highest BCUT2D eigenvalue weighted by Crippen LogP contribution is 2.11. The first-order valence-corrected chi connectivity index (χ1v) is 6.32. The third-order valence-electron chi connectivity index (χ3n) is 3.17. The molecular formula is C15H19N3O. The van der Waals surface area contributed by atoms with Gasteiger partial charge in [0.05, 0.1) is 17.9 Å². The van der Waals surface area contributed by atoms with E-state index in [9.17, 15) is 4.79 Å². The Kier molecular flexibility index (Phi) is 3.69. The molecule has 0 unspecified atom stereocenters. The molecule has 4 nitrogen and oxygen atoms in total. The number of carbonyl (C=O) groups is 1. The number of aromatic nitrogens is 2. The van der Waals surface area contributed by atoms with Gasteiger partial charge in [0.25, 0.3) is 5.91 Å². The molecule has 0 atom stereocenters. The number of aryl methyl sites for hydroxylation is 4. The van der Waals surface area contributed by atoms with Crippen molar-refractivity contribution in [3.63, 3.8) is 0 Å². The second-order valence-corrected chi connectivity index (χ2v) is 4.90. The summed E-state index contributed by atoms with van der Waals surface area (Å²) >= 11 is 0. The van der Waals surface area contributed by atoms with Crippen LogP contribution in [0.2, 0.25) is 0 Å². The molecule has 2 rings (SSSR count). The van der Waals surface area contributed by atoms with Gasteiger partial charge in [-0.05, 0) is 38.5 Å². The fourth-order valence-corrected chi connectivity index (χ4v) is 2.08. The van der Waals surface area contributed by atoms with Crippen molar-refractivity contribution in [1.29, 1.82) is 0 Å². The Morgan fingerprint density at radius 2 is 2.00 bits per heavy atom. The Bertz CT molecular complexity index is 614. The summed E-state index contributed by atoms with van der Waals surface area (Å²) in [6.45, 7) is 6.36. The van der Waals surface area contributed by atoms with Gasteiger partial charge in [-0.3, -0.25) is 9.48 Å². The van der Waals surface area contributed by atoms with E-state index in [4.69, 9.17) is 0 Å². The summed E-state index contributed by atoms with van der Waals surface area (Å²) in [5.74, 6) is -0.0416. The van der Waals surface area contributed by atoms with Crippen LogP contribution in [-0.4, -0.2) is 15.7 Å². The number of benzene rings is 1. The minimum atomic E-state index is -0.0416. The molecule has 0 aliphatic carbocycles. The molecule has 0 spiro atoms. The molecule has 0 aliphatic heterocycles. The minimum absolute atomic E-state index is 0.0416. The number of rotatable bonds is 3. The third kappa shape index (κ3) is 3.02. The Balaban J connectivity index is 2.09. The van der Waals surface area contributed by atoms with E-state index in [1.807, 2.05) is 52.1 Å². The molecule has 0 saturated carbocycles. The second-order valence-electron chi connectivity index (χ2n) is 4.90. The van der Waals surface area contributed by atoms with Crippen LogP contribution in [0.5, 0.6) is 0 Å². The molecule has 0 fully saturated rings. The van der Waals surface area contributed by atoms with Gasteiger partial charge < -0.3 is 5.32 Å². The standard InChI is InChI=1S/C15H19N3O/c1-10-5-6-11(2)14(7-10)15(19)16-9-13-8-12(3)17-18(13)4/h5-8H,9H2,1-4H3,(H,16,19). The molecule has 1 N–H and O–H groups in total. The van der Waals surface area contributed by atoms with Gasteiger partial charge in [-0.1, -0.05) is 17.7 Å². The molecule has 0 radical (unpaired) electrons. The Morgan fingerprint density at radius 1 is 1.26 bits per heavy atom. The fraction of sp³-hybridized carbons (Fsp3) is 0.333. The quantitative estimate of drug-likeness (QED) is 0.917. The lowest BCUT2D eigenvalue weighted by Gasteiger charge is -2.08. The van der Waals surface area contributed by atoms with Crippen LogP contribution in [0, 0.1) is 20.8 Å². The Morgan fingerprint density at radius 3 is 2.63 bits per heavy atom. The first kappa shape index (κ1) is 13.3. The molecule has 1 aromatic carbocycles. The second kappa shape index (κ2) is 5.26. The Hall–Kier alpha value is -2.10. The summed E-state index contributed by atoms with van der Waals surface area (Å²) < 4.78 is 1.79.